The van der Waals surface area contributed by atoms with Crippen LogP contribution in [0.4, 0.5) is 4.79 Å². The highest BCUT2D eigenvalue weighted by atomic mass is 16.2. The van der Waals surface area contributed by atoms with E-state index >= 15 is 0 Å². The normalized spacial score (nSPS) is 21.3. The molecule has 1 fully saturated rings. The zero-order chi connectivity index (χ0) is 17.4. The minimum Gasteiger partial charge on any atom is -0.350 e. The zero-order valence-electron chi connectivity index (χ0n) is 14.2. The lowest BCUT2D eigenvalue weighted by atomic mass is 9.91. The van der Waals surface area contributed by atoms with Gasteiger partial charge < -0.3 is 10.6 Å². The lowest BCUT2D eigenvalue weighted by Crippen LogP contribution is -2.48. The van der Waals surface area contributed by atoms with Gasteiger partial charge in [-0.2, -0.15) is 0 Å². The first kappa shape index (κ1) is 17.0. The molecule has 23 heavy (non-hydrogen) atoms. The Kier molecular flexibility index (Phi) is 4.20. The number of carbonyl (C=O) groups excluding carboxylic acids is 3. The minimum atomic E-state index is -1.15. The second kappa shape index (κ2) is 5.68. The summed E-state index contributed by atoms with van der Waals surface area (Å²) in [5.41, 5.74) is 0.194. The van der Waals surface area contributed by atoms with Crippen LogP contribution >= 0.6 is 0 Å². The number of urea groups is 1. The fourth-order valence-corrected chi connectivity index (χ4v) is 2.52. The number of amides is 4. The largest absolute Gasteiger partial charge is 0.350 e. The Morgan fingerprint density at radius 3 is 2.30 bits per heavy atom. The average Bonchev–Trinajstić information content (AvgIpc) is 2.62. The summed E-state index contributed by atoms with van der Waals surface area (Å²) in [4.78, 5) is 37.8. The molecule has 0 unspecified atom stereocenters. The molecule has 1 heterocycles. The van der Waals surface area contributed by atoms with Gasteiger partial charge in [-0.05, 0) is 40.2 Å². The Morgan fingerprint density at radius 1 is 1.22 bits per heavy atom. The van der Waals surface area contributed by atoms with E-state index < -0.39 is 23.0 Å². The van der Waals surface area contributed by atoms with E-state index in [0.717, 1.165) is 10.5 Å². The number of benzene rings is 1. The summed E-state index contributed by atoms with van der Waals surface area (Å²) in [5.74, 6) is -0.787. The number of aryl methyl sites for hydroxylation is 1. The van der Waals surface area contributed by atoms with E-state index in [2.05, 4.69) is 10.6 Å². The van der Waals surface area contributed by atoms with Crippen molar-refractivity contribution in [1.29, 1.82) is 0 Å². The smallest absolute Gasteiger partial charge is 0.325 e. The van der Waals surface area contributed by atoms with Crippen LogP contribution in [0, 0.1) is 6.92 Å². The van der Waals surface area contributed by atoms with Crippen molar-refractivity contribution in [2.24, 2.45) is 0 Å². The molecule has 124 valence electrons. The topological polar surface area (TPSA) is 78.5 Å². The Morgan fingerprint density at radius 2 is 1.78 bits per heavy atom. The van der Waals surface area contributed by atoms with E-state index in [-0.39, 0.29) is 12.5 Å². The van der Waals surface area contributed by atoms with Gasteiger partial charge in [0.2, 0.25) is 5.91 Å². The number of nitrogens with one attached hydrogen (secondary N) is 2. The fraction of sp³-hybridized carbons (Fsp3) is 0.471. The van der Waals surface area contributed by atoms with Crippen LogP contribution < -0.4 is 10.6 Å². The van der Waals surface area contributed by atoms with E-state index in [1.165, 1.54) is 0 Å². The zero-order valence-corrected chi connectivity index (χ0v) is 14.2. The highest BCUT2D eigenvalue weighted by Gasteiger charge is 2.49. The van der Waals surface area contributed by atoms with Crippen molar-refractivity contribution in [3.63, 3.8) is 0 Å². The van der Waals surface area contributed by atoms with Crippen LogP contribution in [0.5, 0.6) is 0 Å². The summed E-state index contributed by atoms with van der Waals surface area (Å²) in [6, 6.07) is 6.84. The van der Waals surface area contributed by atoms with Gasteiger partial charge in [-0.25, -0.2) is 4.79 Å². The maximum absolute atomic E-state index is 12.7. The molecular formula is C17H23N3O3. The molecule has 1 aliphatic heterocycles. The standard InChI is InChI=1S/C17H23N3O3/c1-11-6-8-12(9-7-11)17(5)14(22)20(15(23)19-17)10-13(21)18-16(2,3)4/h6-9H,10H2,1-5H3,(H,18,21)(H,19,23)/t17-/m1/s1. The summed E-state index contributed by atoms with van der Waals surface area (Å²) in [7, 11) is 0. The summed E-state index contributed by atoms with van der Waals surface area (Å²) in [6.07, 6.45) is 0. The molecule has 0 aromatic heterocycles. The molecule has 2 rings (SSSR count). The number of imide groups is 1. The second-order valence-corrected chi connectivity index (χ2v) is 7.11. The van der Waals surface area contributed by atoms with Crippen molar-refractivity contribution in [2.75, 3.05) is 6.54 Å². The van der Waals surface area contributed by atoms with E-state index in [1.807, 2.05) is 52.0 Å². The Bertz CT molecular complexity index is 646. The van der Waals surface area contributed by atoms with Crippen LogP contribution in [0.15, 0.2) is 24.3 Å². The van der Waals surface area contributed by atoms with Crippen molar-refractivity contribution >= 4 is 17.8 Å². The van der Waals surface area contributed by atoms with Crippen LogP contribution in [-0.4, -0.2) is 34.8 Å². The molecule has 1 atom stereocenters. The summed E-state index contributed by atoms with van der Waals surface area (Å²) >= 11 is 0. The highest BCUT2D eigenvalue weighted by molar-refractivity contribution is 6.09. The van der Waals surface area contributed by atoms with Gasteiger partial charge in [-0.15, -0.1) is 0 Å². The quantitative estimate of drug-likeness (QED) is 0.833. The van der Waals surface area contributed by atoms with E-state index in [0.29, 0.717) is 5.56 Å². The monoisotopic (exact) mass is 317 g/mol. The SMILES string of the molecule is Cc1ccc([C@@]2(C)NC(=O)N(CC(=O)NC(C)(C)C)C2=O)cc1. The summed E-state index contributed by atoms with van der Waals surface area (Å²) < 4.78 is 0. The molecule has 1 aliphatic rings. The van der Waals surface area contributed by atoms with Crippen molar-refractivity contribution in [3.05, 3.63) is 35.4 Å². The fourth-order valence-electron chi connectivity index (χ4n) is 2.52. The molecule has 0 saturated carbocycles. The molecule has 6 heteroatoms. The Labute approximate surface area is 136 Å². The lowest BCUT2D eigenvalue weighted by molar-refractivity contribution is -0.135. The van der Waals surface area contributed by atoms with E-state index in [9.17, 15) is 14.4 Å². The predicted molar refractivity (Wildman–Crippen MR) is 86.7 cm³/mol. The molecule has 0 aliphatic carbocycles. The van der Waals surface area contributed by atoms with Gasteiger partial charge in [0.15, 0.2) is 0 Å². The van der Waals surface area contributed by atoms with Gasteiger partial charge in [0, 0.05) is 5.54 Å². The molecule has 0 radical (unpaired) electrons. The first-order valence-corrected chi connectivity index (χ1v) is 7.55. The van der Waals surface area contributed by atoms with E-state index in [1.54, 1.807) is 6.92 Å². The molecule has 1 saturated heterocycles. The summed E-state index contributed by atoms with van der Waals surface area (Å²) in [6.45, 7) is 8.83. The molecule has 0 spiro atoms. The third-order valence-corrected chi connectivity index (χ3v) is 3.72. The van der Waals surface area contributed by atoms with Gasteiger partial charge in [-0.1, -0.05) is 29.8 Å². The van der Waals surface area contributed by atoms with Gasteiger partial charge in [0.1, 0.15) is 12.1 Å². The van der Waals surface area contributed by atoms with Crippen molar-refractivity contribution in [3.8, 4) is 0 Å². The molecular weight excluding hydrogens is 294 g/mol. The third kappa shape index (κ3) is 3.52. The third-order valence-electron chi connectivity index (χ3n) is 3.72. The number of nitrogens with zero attached hydrogens (tertiary/aromatic N) is 1. The lowest BCUT2D eigenvalue weighted by Gasteiger charge is -2.24. The number of carbonyl (C=O) groups is 3. The molecule has 4 amide bonds. The highest BCUT2D eigenvalue weighted by Crippen LogP contribution is 2.28. The van der Waals surface area contributed by atoms with Crippen molar-refractivity contribution in [1.82, 2.24) is 15.5 Å². The first-order chi connectivity index (χ1) is 10.5. The molecule has 1 aromatic carbocycles. The molecule has 1 aromatic rings. The maximum atomic E-state index is 12.7. The van der Waals surface area contributed by atoms with Gasteiger partial charge in [0.05, 0.1) is 0 Å². The summed E-state index contributed by atoms with van der Waals surface area (Å²) in [5, 5.41) is 5.44. The molecule has 6 nitrogen and oxygen atoms in total. The number of hydrogen-bond donors (Lipinski definition) is 2. The predicted octanol–water partition coefficient (Wildman–Crippen LogP) is 1.68. The van der Waals surface area contributed by atoms with Crippen LogP contribution in [0.3, 0.4) is 0 Å². The maximum Gasteiger partial charge on any atom is 0.325 e. The van der Waals surface area contributed by atoms with Crippen LogP contribution in [0.25, 0.3) is 0 Å². The average molecular weight is 317 g/mol. The molecule has 2 N–H and O–H groups in total. The molecule has 0 bridgehead atoms. The first-order valence-electron chi connectivity index (χ1n) is 7.55. The second-order valence-electron chi connectivity index (χ2n) is 7.11. The van der Waals surface area contributed by atoms with Crippen molar-refractivity contribution in [2.45, 2.75) is 45.7 Å². The van der Waals surface area contributed by atoms with Gasteiger partial charge in [-0.3, -0.25) is 14.5 Å². The number of rotatable bonds is 3. The van der Waals surface area contributed by atoms with Gasteiger partial charge >= 0.3 is 6.03 Å². The van der Waals surface area contributed by atoms with Crippen molar-refractivity contribution < 1.29 is 14.4 Å². The van der Waals surface area contributed by atoms with Crippen LogP contribution in [0.1, 0.15) is 38.8 Å². The number of hydrogen-bond acceptors (Lipinski definition) is 3. The van der Waals surface area contributed by atoms with Gasteiger partial charge in [0.25, 0.3) is 5.91 Å². The minimum absolute atomic E-state index is 0.288. The van der Waals surface area contributed by atoms with E-state index in [4.69, 9.17) is 0 Å². The van der Waals surface area contributed by atoms with Crippen LogP contribution in [0.2, 0.25) is 0 Å². The Balaban J connectivity index is 2.19. The Hall–Kier alpha value is -2.37. The van der Waals surface area contributed by atoms with Crippen LogP contribution in [-0.2, 0) is 15.1 Å².